The maximum Gasteiger partial charge on any atom is 0.346 e. The molecule has 1 atom stereocenters. The Kier molecular flexibility index (Phi) is 4.79. The summed E-state index contributed by atoms with van der Waals surface area (Å²) in [6, 6.07) is 6.28. The second-order valence-corrected chi connectivity index (χ2v) is 7.24. The van der Waals surface area contributed by atoms with Crippen molar-refractivity contribution in [3.05, 3.63) is 51.2 Å². The summed E-state index contributed by atoms with van der Waals surface area (Å²) in [6.45, 7) is 9.02. The molecule has 1 aromatic carbocycles. The van der Waals surface area contributed by atoms with Gasteiger partial charge in [-0.15, -0.1) is 0 Å². The van der Waals surface area contributed by atoms with Crippen LogP contribution < -0.4 is 11.0 Å². The number of carbonyl (C=O) groups is 1. The molecule has 0 spiro atoms. The summed E-state index contributed by atoms with van der Waals surface area (Å²) in [6.07, 6.45) is 1.55. The SMILES string of the molecule is Cc1ccc(C)c(Cn2nc3n(c2=O)CCCC3C(=O)NC(C)C)c1. The van der Waals surface area contributed by atoms with Gasteiger partial charge in [0.2, 0.25) is 5.91 Å². The second-order valence-electron chi connectivity index (χ2n) is 7.24. The third-order valence-corrected chi connectivity index (χ3v) is 4.71. The Morgan fingerprint density at radius 2 is 2.12 bits per heavy atom. The molecule has 1 aliphatic heterocycles. The molecule has 2 heterocycles. The number of carbonyl (C=O) groups excluding carboxylic acids is 1. The number of hydrogen-bond donors (Lipinski definition) is 1. The van der Waals surface area contributed by atoms with Crippen LogP contribution in [-0.4, -0.2) is 26.3 Å². The van der Waals surface area contributed by atoms with E-state index in [0.29, 0.717) is 18.9 Å². The summed E-state index contributed by atoms with van der Waals surface area (Å²) in [5, 5.41) is 7.48. The van der Waals surface area contributed by atoms with E-state index in [1.165, 1.54) is 4.68 Å². The summed E-state index contributed by atoms with van der Waals surface area (Å²) < 4.78 is 3.16. The van der Waals surface area contributed by atoms with Crippen molar-refractivity contribution >= 4 is 5.91 Å². The molecule has 3 rings (SSSR count). The van der Waals surface area contributed by atoms with E-state index in [9.17, 15) is 9.59 Å². The van der Waals surface area contributed by atoms with E-state index in [1.54, 1.807) is 4.57 Å². The quantitative estimate of drug-likeness (QED) is 0.925. The van der Waals surface area contributed by atoms with Gasteiger partial charge in [-0.3, -0.25) is 9.36 Å². The normalized spacial score (nSPS) is 16.8. The Hall–Kier alpha value is -2.37. The highest BCUT2D eigenvalue weighted by Crippen LogP contribution is 2.25. The molecule has 1 N–H and O–H groups in total. The highest BCUT2D eigenvalue weighted by Gasteiger charge is 2.31. The minimum atomic E-state index is -0.344. The van der Waals surface area contributed by atoms with Crippen molar-refractivity contribution in [3.63, 3.8) is 0 Å². The van der Waals surface area contributed by atoms with Gasteiger partial charge in [0.05, 0.1) is 12.5 Å². The molecule has 0 fully saturated rings. The fourth-order valence-corrected chi connectivity index (χ4v) is 3.38. The standard InChI is InChI=1S/C19H26N4O2/c1-12(2)20-18(24)16-6-5-9-22-17(16)21-23(19(22)25)11-15-10-13(3)7-8-14(15)4/h7-8,10,12,16H,5-6,9,11H2,1-4H3,(H,20,24). The van der Waals surface area contributed by atoms with Crippen molar-refractivity contribution in [2.45, 2.75) is 65.6 Å². The largest absolute Gasteiger partial charge is 0.353 e. The van der Waals surface area contributed by atoms with Crippen LogP contribution in [0.4, 0.5) is 0 Å². The van der Waals surface area contributed by atoms with Crippen molar-refractivity contribution in [2.75, 3.05) is 0 Å². The van der Waals surface area contributed by atoms with Crippen molar-refractivity contribution in [3.8, 4) is 0 Å². The first-order valence-electron chi connectivity index (χ1n) is 8.91. The molecule has 1 amide bonds. The van der Waals surface area contributed by atoms with Crippen LogP contribution in [0.5, 0.6) is 0 Å². The number of nitrogens with zero attached hydrogens (tertiary/aromatic N) is 3. The molecular weight excluding hydrogens is 316 g/mol. The van der Waals surface area contributed by atoms with E-state index in [4.69, 9.17) is 0 Å². The van der Waals surface area contributed by atoms with Gasteiger partial charge in [0.1, 0.15) is 5.82 Å². The minimum Gasteiger partial charge on any atom is -0.353 e. The Morgan fingerprint density at radius 3 is 2.84 bits per heavy atom. The number of amides is 1. The smallest absolute Gasteiger partial charge is 0.346 e. The maximum absolute atomic E-state index is 12.7. The summed E-state index contributed by atoms with van der Waals surface area (Å²) in [4.78, 5) is 25.2. The zero-order chi connectivity index (χ0) is 18.1. The first-order valence-corrected chi connectivity index (χ1v) is 8.91. The van der Waals surface area contributed by atoms with Gasteiger partial charge >= 0.3 is 5.69 Å². The molecule has 0 radical (unpaired) electrons. The van der Waals surface area contributed by atoms with Gasteiger partial charge in [-0.25, -0.2) is 9.48 Å². The summed E-state index contributed by atoms with van der Waals surface area (Å²) in [5.41, 5.74) is 3.25. The lowest BCUT2D eigenvalue weighted by atomic mass is 9.98. The maximum atomic E-state index is 12.7. The van der Waals surface area contributed by atoms with Crippen LogP contribution in [0.15, 0.2) is 23.0 Å². The molecule has 0 bridgehead atoms. The average Bonchev–Trinajstić information content (AvgIpc) is 2.86. The molecule has 1 unspecified atom stereocenters. The van der Waals surface area contributed by atoms with E-state index < -0.39 is 0 Å². The summed E-state index contributed by atoms with van der Waals surface area (Å²) >= 11 is 0. The number of nitrogens with one attached hydrogen (secondary N) is 1. The fourth-order valence-electron chi connectivity index (χ4n) is 3.38. The van der Waals surface area contributed by atoms with E-state index in [1.807, 2.05) is 27.7 Å². The van der Waals surface area contributed by atoms with Gasteiger partial charge in [0.25, 0.3) is 0 Å². The lowest BCUT2D eigenvalue weighted by Gasteiger charge is -2.22. The number of benzene rings is 1. The first kappa shape index (κ1) is 17.5. The van der Waals surface area contributed by atoms with Crippen LogP contribution in [0, 0.1) is 13.8 Å². The lowest BCUT2D eigenvalue weighted by molar-refractivity contribution is -0.123. The van der Waals surface area contributed by atoms with Crippen molar-refractivity contribution in [1.29, 1.82) is 0 Å². The van der Waals surface area contributed by atoms with Gasteiger partial charge in [-0.1, -0.05) is 23.8 Å². The third-order valence-electron chi connectivity index (χ3n) is 4.71. The van der Waals surface area contributed by atoms with E-state index in [2.05, 4.69) is 28.6 Å². The number of hydrogen-bond acceptors (Lipinski definition) is 3. The zero-order valence-corrected chi connectivity index (χ0v) is 15.4. The topological polar surface area (TPSA) is 68.9 Å². The summed E-state index contributed by atoms with van der Waals surface area (Å²) in [7, 11) is 0. The van der Waals surface area contributed by atoms with Crippen molar-refractivity contribution in [1.82, 2.24) is 19.7 Å². The van der Waals surface area contributed by atoms with Gasteiger partial charge < -0.3 is 5.32 Å². The van der Waals surface area contributed by atoms with Gasteiger partial charge in [-0.05, 0) is 51.7 Å². The van der Waals surface area contributed by atoms with Gasteiger partial charge in [0, 0.05) is 12.6 Å². The highest BCUT2D eigenvalue weighted by atomic mass is 16.2. The average molecular weight is 342 g/mol. The van der Waals surface area contributed by atoms with E-state index >= 15 is 0 Å². The molecule has 1 aliphatic rings. The number of aromatic nitrogens is 3. The van der Waals surface area contributed by atoms with Crippen LogP contribution in [0.3, 0.4) is 0 Å². The predicted octanol–water partition coefficient (Wildman–Crippen LogP) is 2.11. The molecule has 134 valence electrons. The minimum absolute atomic E-state index is 0.0418. The van der Waals surface area contributed by atoms with Gasteiger partial charge in [-0.2, -0.15) is 5.10 Å². The van der Waals surface area contributed by atoms with Crippen LogP contribution in [0.2, 0.25) is 0 Å². The fraction of sp³-hybridized carbons (Fsp3) is 0.526. The second kappa shape index (κ2) is 6.86. The molecule has 2 aromatic rings. The number of rotatable bonds is 4. The lowest BCUT2D eigenvalue weighted by Crippen LogP contribution is -2.38. The van der Waals surface area contributed by atoms with E-state index in [-0.39, 0.29) is 23.6 Å². The Bertz CT molecular complexity index is 848. The first-order chi connectivity index (χ1) is 11.9. The predicted molar refractivity (Wildman–Crippen MR) is 96.8 cm³/mol. The monoisotopic (exact) mass is 342 g/mol. The Labute approximate surface area is 147 Å². The highest BCUT2D eigenvalue weighted by molar-refractivity contribution is 5.83. The molecule has 25 heavy (non-hydrogen) atoms. The number of fused-ring (bicyclic) bond motifs is 1. The van der Waals surface area contributed by atoms with Crippen molar-refractivity contribution < 1.29 is 4.79 Å². The molecule has 6 nitrogen and oxygen atoms in total. The number of aryl methyl sites for hydroxylation is 2. The zero-order valence-electron chi connectivity index (χ0n) is 15.4. The molecule has 0 saturated heterocycles. The Balaban J connectivity index is 1.94. The van der Waals surface area contributed by atoms with Crippen LogP contribution >= 0.6 is 0 Å². The molecule has 0 aliphatic carbocycles. The third kappa shape index (κ3) is 3.52. The van der Waals surface area contributed by atoms with Crippen LogP contribution in [-0.2, 0) is 17.9 Å². The van der Waals surface area contributed by atoms with Crippen LogP contribution in [0.1, 0.15) is 55.1 Å². The molecule has 0 saturated carbocycles. The van der Waals surface area contributed by atoms with E-state index in [0.717, 1.165) is 29.5 Å². The molecule has 1 aromatic heterocycles. The summed E-state index contributed by atoms with van der Waals surface area (Å²) in [5.74, 6) is 0.211. The van der Waals surface area contributed by atoms with Crippen molar-refractivity contribution in [2.24, 2.45) is 0 Å². The van der Waals surface area contributed by atoms with Crippen LogP contribution in [0.25, 0.3) is 0 Å². The molecule has 6 heteroatoms. The molecular formula is C19H26N4O2. The van der Waals surface area contributed by atoms with Gasteiger partial charge in [0.15, 0.2) is 0 Å². The Morgan fingerprint density at radius 1 is 1.36 bits per heavy atom.